The number of hydrogen-bond donors (Lipinski definition) is 4. The van der Waals surface area contributed by atoms with Gasteiger partial charge < -0.3 is 20.2 Å². The SMILES string of the molecule is C=C(C)C(=O)NCc1cc(-c2ccc[n+](Cc3cccc(BOO)c3)c2)c[n+](Cc2cccc(B(O)O)c2)c1. The molecule has 4 aromatic rings. The molecule has 39 heavy (non-hydrogen) atoms. The summed E-state index contributed by atoms with van der Waals surface area (Å²) >= 11 is 0. The van der Waals surface area contributed by atoms with Crippen LogP contribution in [0.25, 0.3) is 11.1 Å². The van der Waals surface area contributed by atoms with Crippen LogP contribution in [0.2, 0.25) is 0 Å². The lowest BCUT2D eigenvalue weighted by atomic mass is 9.79. The fraction of sp³-hybridized carbons (Fsp3) is 0.138. The standard InChI is InChI=1S/C29H29B2N3O5/c1-21(2)29(35)32-15-24-12-26(20-34(18-24)17-23-7-4-10-28(14-23)31(36)37)25-8-5-11-33(19-25)16-22-6-3-9-27(13-22)30-39-38/h3-14,18-20,30,36-37H,1,15-17H2,2H3/p+2. The minimum atomic E-state index is -1.54. The molecule has 0 saturated heterocycles. The van der Waals surface area contributed by atoms with Crippen molar-refractivity contribution in [2.75, 3.05) is 0 Å². The molecular formula is C29H31B2N3O5+2. The van der Waals surface area contributed by atoms with Gasteiger partial charge in [0.05, 0.1) is 11.1 Å². The van der Waals surface area contributed by atoms with Crippen molar-refractivity contribution in [2.45, 2.75) is 26.6 Å². The van der Waals surface area contributed by atoms with Crippen molar-refractivity contribution in [1.82, 2.24) is 5.32 Å². The van der Waals surface area contributed by atoms with Crippen LogP contribution >= 0.6 is 0 Å². The Balaban J connectivity index is 1.65. The van der Waals surface area contributed by atoms with Gasteiger partial charge in [0, 0.05) is 34.9 Å². The maximum absolute atomic E-state index is 12.1. The van der Waals surface area contributed by atoms with Crippen LogP contribution in [0.4, 0.5) is 0 Å². The van der Waals surface area contributed by atoms with Crippen molar-refractivity contribution in [3.63, 3.8) is 0 Å². The second-order valence-corrected chi connectivity index (χ2v) is 9.55. The molecule has 10 heteroatoms. The van der Waals surface area contributed by atoms with E-state index in [4.69, 9.17) is 5.26 Å². The van der Waals surface area contributed by atoms with E-state index in [0.29, 0.717) is 30.7 Å². The molecule has 4 N–H and O–H groups in total. The number of aromatic nitrogens is 2. The number of nitrogens with zero attached hydrogens (tertiary/aromatic N) is 2. The summed E-state index contributed by atoms with van der Waals surface area (Å²) in [5, 5.41) is 30.8. The van der Waals surface area contributed by atoms with Crippen LogP contribution in [0.3, 0.4) is 0 Å². The van der Waals surface area contributed by atoms with Gasteiger partial charge in [-0.15, -0.1) is 0 Å². The Kier molecular flexibility index (Phi) is 9.40. The Bertz CT molecular complexity index is 1480. The van der Waals surface area contributed by atoms with E-state index in [1.807, 2.05) is 71.7 Å². The van der Waals surface area contributed by atoms with E-state index in [2.05, 4.69) is 27.5 Å². The van der Waals surface area contributed by atoms with Gasteiger partial charge in [0.15, 0.2) is 37.9 Å². The molecule has 0 aliphatic heterocycles. The highest BCUT2D eigenvalue weighted by atomic mass is 17.1. The largest absolute Gasteiger partial charge is 0.488 e. The van der Waals surface area contributed by atoms with E-state index in [0.717, 1.165) is 33.3 Å². The molecule has 2 heterocycles. The topological polar surface area (TPSA) is 107 Å². The number of rotatable bonds is 11. The minimum absolute atomic E-state index is 0.132. The second kappa shape index (κ2) is 13.1. The first kappa shape index (κ1) is 27.9. The monoisotopic (exact) mass is 523 g/mol. The Morgan fingerprint density at radius 3 is 2.38 bits per heavy atom. The van der Waals surface area contributed by atoms with Crippen molar-refractivity contribution in [1.29, 1.82) is 0 Å². The van der Waals surface area contributed by atoms with Crippen molar-refractivity contribution in [3.05, 3.63) is 120 Å². The average molecular weight is 523 g/mol. The predicted octanol–water partition coefficient (Wildman–Crippen LogP) is 0.364. The van der Waals surface area contributed by atoms with Gasteiger partial charge in [-0.05, 0) is 30.0 Å². The molecule has 0 saturated carbocycles. The summed E-state index contributed by atoms with van der Waals surface area (Å²) in [7, 11) is -1.40. The van der Waals surface area contributed by atoms with Gasteiger partial charge in [-0.3, -0.25) is 10.1 Å². The Hall–Kier alpha value is -4.08. The quantitative estimate of drug-likeness (QED) is 0.0748. The number of pyridine rings is 2. The number of benzene rings is 2. The summed E-state index contributed by atoms with van der Waals surface area (Å²) < 4.78 is 4.11. The molecule has 4 rings (SSSR count). The minimum Gasteiger partial charge on any atom is -0.423 e. The van der Waals surface area contributed by atoms with E-state index in [1.54, 1.807) is 25.1 Å². The predicted molar refractivity (Wildman–Crippen MR) is 150 cm³/mol. The van der Waals surface area contributed by atoms with Gasteiger partial charge in [0.1, 0.15) is 0 Å². The smallest absolute Gasteiger partial charge is 0.423 e. The highest BCUT2D eigenvalue weighted by Crippen LogP contribution is 2.18. The zero-order chi connectivity index (χ0) is 27.8. The summed E-state index contributed by atoms with van der Waals surface area (Å²) in [6.45, 7) is 6.85. The third kappa shape index (κ3) is 7.95. The van der Waals surface area contributed by atoms with Gasteiger partial charge in [-0.2, -0.15) is 4.57 Å². The van der Waals surface area contributed by atoms with Crippen molar-refractivity contribution in [2.24, 2.45) is 0 Å². The van der Waals surface area contributed by atoms with Gasteiger partial charge in [-0.25, -0.2) is 4.57 Å². The Labute approximate surface area is 228 Å². The lowest BCUT2D eigenvalue weighted by Crippen LogP contribution is -2.37. The van der Waals surface area contributed by atoms with Crippen LogP contribution in [0.15, 0.2) is 104 Å². The number of carbonyl (C=O) groups excluding carboxylic acids is 1. The maximum atomic E-state index is 12.1. The van der Waals surface area contributed by atoms with E-state index in [-0.39, 0.29) is 13.4 Å². The van der Waals surface area contributed by atoms with Gasteiger partial charge >= 0.3 is 14.6 Å². The molecule has 0 atom stereocenters. The average Bonchev–Trinajstić information content (AvgIpc) is 2.92. The van der Waals surface area contributed by atoms with E-state index in [9.17, 15) is 14.8 Å². The fourth-order valence-electron chi connectivity index (χ4n) is 4.34. The zero-order valence-electron chi connectivity index (χ0n) is 21.8. The number of amides is 1. The Morgan fingerprint density at radius 2 is 1.64 bits per heavy atom. The Morgan fingerprint density at radius 1 is 0.923 bits per heavy atom. The molecule has 0 aliphatic rings. The van der Waals surface area contributed by atoms with Crippen LogP contribution in [0, 0.1) is 0 Å². The highest BCUT2D eigenvalue weighted by molar-refractivity contribution is 6.58. The molecule has 0 spiro atoms. The van der Waals surface area contributed by atoms with Crippen LogP contribution in [-0.2, 0) is 29.2 Å². The van der Waals surface area contributed by atoms with E-state index < -0.39 is 7.12 Å². The first-order valence-electron chi connectivity index (χ1n) is 12.6. The van der Waals surface area contributed by atoms with Crippen LogP contribution < -0.4 is 25.4 Å². The van der Waals surface area contributed by atoms with Crippen LogP contribution in [-0.4, -0.2) is 35.8 Å². The summed E-state index contributed by atoms with van der Waals surface area (Å²) in [4.78, 5) is 16.4. The molecule has 196 valence electrons. The summed E-state index contributed by atoms with van der Waals surface area (Å²) in [5.41, 5.74) is 6.61. The highest BCUT2D eigenvalue weighted by Gasteiger charge is 2.16. The zero-order valence-corrected chi connectivity index (χ0v) is 21.8. The third-order valence-corrected chi connectivity index (χ3v) is 6.21. The normalized spacial score (nSPS) is 10.7. The van der Waals surface area contributed by atoms with Gasteiger partial charge in [0.25, 0.3) is 0 Å². The lowest BCUT2D eigenvalue weighted by molar-refractivity contribution is -0.689. The molecule has 0 unspecified atom stereocenters. The first-order valence-corrected chi connectivity index (χ1v) is 12.6. The fourth-order valence-corrected chi connectivity index (χ4v) is 4.34. The van der Waals surface area contributed by atoms with Gasteiger partial charge in [-0.1, -0.05) is 55.1 Å². The number of nitrogens with one attached hydrogen (secondary N) is 1. The molecule has 0 aliphatic carbocycles. The van der Waals surface area contributed by atoms with Crippen LogP contribution in [0.1, 0.15) is 23.6 Å². The van der Waals surface area contributed by atoms with E-state index >= 15 is 0 Å². The summed E-state index contributed by atoms with van der Waals surface area (Å²) in [6.07, 6.45) is 8.06. The molecule has 2 aromatic carbocycles. The molecule has 0 radical (unpaired) electrons. The molecule has 0 bridgehead atoms. The molecule has 0 fully saturated rings. The van der Waals surface area contributed by atoms with Gasteiger partial charge in [0.2, 0.25) is 5.91 Å². The molecular weight excluding hydrogens is 492 g/mol. The first-order chi connectivity index (χ1) is 18.8. The third-order valence-electron chi connectivity index (χ3n) is 6.21. The van der Waals surface area contributed by atoms with Crippen molar-refractivity contribution < 1.29 is 34.0 Å². The lowest BCUT2D eigenvalue weighted by Gasteiger charge is -2.08. The summed E-state index contributed by atoms with van der Waals surface area (Å²) in [6, 6.07) is 21.1. The molecule has 2 aromatic heterocycles. The van der Waals surface area contributed by atoms with E-state index in [1.165, 1.54) is 0 Å². The molecule has 8 nitrogen and oxygen atoms in total. The van der Waals surface area contributed by atoms with Crippen molar-refractivity contribution in [3.8, 4) is 11.1 Å². The molecule has 1 amide bonds. The number of carbonyl (C=O) groups is 1. The maximum Gasteiger partial charge on any atom is 0.488 e. The summed E-state index contributed by atoms with van der Waals surface area (Å²) in [5.74, 6) is -0.206. The van der Waals surface area contributed by atoms with Crippen molar-refractivity contribution >= 4 is 31.4 Å². The number of hydrogen-bond acceptors (Lipinski definition) is 5. The van der Waals surface area contributed by atoms with Crippen LogP contribution in [0.5, 0.6) is 0 Å². The second-order valence-electron chi connectivity index (χ2n) is 9.55.